The molecule has 4 atom stereocenters. The molecule has 1 aliphatic rings. The van der Waals surface area contributed by atoms with Crippen molar-refractivity contribution in [1.29, 1.82) is 0 Å². The molecule has 0 bridgehead atoms. The summed E-state index contributed by atoms with van der Waals surface area (Å²) in [4.78, 5) is 11.3. The van der Waals surface area contributed by atoms with Crippen LogP contribution in [0.1, 0.15) is 47.0 Å². The highest BCUT2D eigenvalue weighted by molar-refractivity contribution is 6.74. The Kier molecular flexibility index (Phi) is 9.35. The molecular weight excluding hydrogens is 376 g/mol. The van der Waals surface area contributed by atoms with Crippen molar-refractivity contribution in [2.45, 2.75) is 89.0 Å². The molecule has 0 radical (unpaired) electrons. The third-order valence-electron chi connectivity index (χ3n) is 6.10. The predicted molar refractivity (Wildman–Crippen MR) is 113 cm³/mol. The average Bonchev–Trinajstić information content (AvgIpc) is 2.60. The van der Waals surface area contributed by atoms with Gasteiger partial charge in [0.1, 0.15) is 6.10 Å². The Morgan fingerprint density at radius 3 is 2.39 bits per heavy atom. The topological polar surface area (TPSA) is 63.2 Å². The first-order valence-corrected chi connectivity index (χ1v) is 12.9. The molecular formula is C21H40O6Si. The van der Waals surface area contributed by atoms with Gasteiger partial charge in [-0.15, -0.1) is 0 Å². The van der Waals surface area contributed by atoms with E-state index in [9.17, 15) is 4.79 Å². The van der Waals surface area contributed by atoms with Crippen LogP contribution in [0.15, 0.2) is 12.2 Å². The van der Waals surface area contributed by atoms with Gasteiger partial charge in [0.25, 0.3) is 0 Å². The van der Waals surface area contributed by atoms with Crippen LogP contribution in [0.3, 0.4) is 0 Å². The van der Waals surface area contributed by atoms with Crippen LogP contribution in [0.4, 0.5) is 0 Å². The molecule has 1 rings (SSSR count). The van der Waals surface area contributed by atoms with E-state index < -0.39 is 13.9 Å². The Hall–Kier alpha value is -0.733. The fourth-order valence-electron chi connectivity index (χ4n) is 3.21. The van der Waals surface area contributed by atoms with E-state index in [-0.39, 0.29) is 29.3 Å². The molecule has 1 fully saturated rings. The van der Waals surface area contributed by atoms with Crippen molar-refractivity contribution in [3.8, 4) is 0 Å². The minimum absolute atomic E-state index is 0.0756. The van der Waals surface area contributed by atoms with Gasteiger partial charge in [0.2, 0.25) is 0 Å². The van der Waals surface area contributed by atoms with Crippen molar-refractivity contribution in [3.63, 3.8) is 0 Å². The number of carbonyl (C=O) groups is 1. The normalized spacial score (nSPS) is 29.2. The van der Waals surface area contributed by atoms with Gasteiger partial charge in [-0.25, -0.2) is 4.79 Å². The standard InChI is InChI=1S/C21H40O6Si/c1-20(2,3)28(8,9)27-18-14-16(24-6)17(15-23-5)26-21(18,4)13-11-10-12-19(22)25-7/h10,12,16-18H,11,13-15H2,1-9H3/b12-10+/t16-,17+,18+,21-/m0/s1. The van der Waals surface area contributed by atoms with E-state index in [1.54, 1.807) is 14.2 Å². The quantitative estimate of drug-likeness (QED) is 0.320. The molecule has 0 aromatic rings. The summed E-state index contributed by atoms with van der Waals surface area (Å²) >= 11 is 0. The minimum Gasteiger partial charge on any atom is -0.466 e. The lowest BCUT2D eigenvalue weighted by Crippen LogP contribution is -2.60. The van der Waals surface area contributed by atoms with E-state index in [0.717, 1.165) is 12.8 Å². The lowest BCUT2D eigenvalue weighted by Gasteiger charge is -2.51. The minimum atomic E-state index is -1.99. The molecule has 0 amide bonds. The average molecular weight is 417 g/mol. The highest BCUT2D eigenvalue weighted by atomic mass is 28.4. The molecule has 6 nitrogen and oxygen atoms in total. The van der Waals surface area contributed by atoms with E-state index in [1.807, 2.05) is 6.08 Å². The summed E-state index contributed by atoms with van der Waals surface area (Å²) in [5.41, 5.74) is -0.492. The number of carbonyl (C=O) groups excluding carboxylic acids is 1. The molecule has 0 saturated carbocycles. The zero-order valence-electron chi connectivity index (χ0n) is 19.2. The fraction of sp³-hybridized carbons (Fsp3) is 0.857. The van der Waals surface area contributed by atoms with Crippen LogP contribution < -0.4 is 0 Å². The fourth-order valence-corrected chi connectivity index (χ4v) is 4.62. The zero-order chi connectivity index (χ0) is 21.6. The van der Waals surface area contributed by atoms with Crippen LogP contribution in [0.25, 0.3) is 0 Å². The predicted octanol–water partition coefficient (Wildman–Crippen LogP) is 4.10. The van der Waals surface area contributed by atoms with Gasteiger partial charge in [-0.05, 0) is 37.9 Å². The SMILES string of the molecule is COC[C@H]1O[C@@](C)(CC/C=C/C(=O)OC)[C@H](O[Si](C)(C)C(C)(C)C)C[C@@H]1OC. The first-order valence-electron chi connectivity index (χ1n) is 10.0. The van der Waals surface area contributed by atoms with Crippen molar-refractivity contribution >= 4 is 14.3 Å². The summed E-state index contributed by atoms with van der Waals surface area (Å²) in [6.07, 6.45) is 5.17. The maximum Gasteiger partial charge on any atom is 0.330 e. The van der Waals surface area contributed by atoms with Crippen LogP contribution in [-0.2, 0) is 28.2 Å². The summed E-state index contributed by atoms with van der Waals surface area (Å²) in [5, 5.41) is 0.102. The first kappa shape index (κ1) is 25.3. The summed E-state index contributed by atoms with van der Waals surface area (Å²) in [7, 11) is 2.76. The van der Waals surface area contributed by atoms with E-state index in [2.05, 4.69) is 45.5 Å². The molecule has 0 spiro atoms. The maximum atomic E-state index is 11.3. The summed E-state index contributed by atoms with van der Waals surface area (Å²) < 4.78 is 29.0. The Bertz CT molecular complexity index is 527. The third-order valence-corrected chi connectivity index (χ3v) is 10.6. The van der Waals surface area contributed by atoms with Gasteiger partial charge < -0.3 is 23.4 Å². The highest BCUT2D eigenvalue weighted by Crippen LogP contribution is 2.43. The van der Waals surface area contributed by atoms with E-state index in [4.69, 9.17) is 18.6 Å². The maximum absolute atomic E-state index is 11.3. The Morgan fingerprint density at radius 1 is 1.25 bits per heavy atom. The van der Waals surface area contributed by atoms with E-state index in [0.29, 0.717) is 13.0 Å². The molecule has 1 saturated heterocycles. The van der Waals surface area contributed by atoms with Crippen molar-refractivity contribution in [3.05, 3.63) is 12.2 Å². The number of hydrogen-bond donors (Lipinski definition) is 0. The smallest absolute Gasteiger partial charge is 0.330 e. The number of ether oxygens (including phenoxy) is 4. The molecule has 28 heavy (non-hydrogen) atoms. The van der Waals surface area contributed by atoms with Gasteiger partial charge >= 0.3 is 5.97 Å². The van der Waals surface area contributed by atoms with Gasteiger partial charge in [-0.2, -0.15) is 0 Å². The molecule has 0 unspecified atom stereocenters. The lowest BCUT2D eigenvalue weighted by atomic mass is 9.85. The largest absolute Gasteiger partial charge is 0.466 e. The molecule has 1 heterocycles. The molecule has 7 heteroatoms. The highest BCUT2D eigenvalue weighted by Gasteiger charge is 2.50. The van der Waals surface area contributed by atoms with Gasteiger partial charge in [0.15, 0.2) is 8.32 Å². The van der Waals surface area contributed by atoms with Crippen molar-refractivity contribution in [1.82, 2.24) is 0 Å². The van der Waals surface area contributed by atoms with Crippen molar-refractivity contribution in [2.75, 3.05) is 27.9 Å². The number of rotatable bonds is 9. The zero-order valence-corrected chi connectivity index (χ0v) is 20.2. The Balaban J connectivity index is 3.04. The van der Waals surface area contributed by atoms with Gasteiger partial charge in [0, 0.05) is 26.7 Å². The van der Waals surface area contributed by atoms with E-state index >= 15 is 0 Å². The van der Waals surface area contributed by atoms with Crippen LogP contribution in [0.5, 0.6) is 0 Å². The number of hydrogen-bond acceptors (Lipinski definition) is 6. The molecule has 0 aromatic carbocycles. The molecule has 1 aliphatic heterocycles. The molecule has 0 aliphatic carbocycles. The van der Waals surface area contributed by atoms with Gasteiger partial charge in [-0.3, -0.25) is 0 Å². The van der Waals surface area contributed by atoms with E-state index in [1.165, 1.54) is 13.2 Å². The second-order valence-corrected chi connectivity index (χ2v) is 14.0. The van der Waals surface area contributed by atoms with Crippen LogP contribution in [0, 0.1) is 0 Å². The Labute approximate surface area is 172 Å². The molecule has 0 N–H and O–H groups in total. The number of esters is 1. The van der Waals surface area contributed by atoms with Crippen molar-refractivity contribution < 1.29 is 28.2 Å². The third kappa shape index (κ3) is 6.66. The second-order valence-electron chi connectivity index (χ2n) is 9.27. The molecule has 164 valence electrons. The van der Waals surface area contributed by atoms with Crippen LogP contribution in [-0.4, -0.2) is 66.1 Å². The number of methoxy groups -OCH3 is 3. The van der Waals surface area contributed by atoms with Gasteiger partial charge in [-0.1, -0.05) is 26.8 Å². The first-order chi connectivity index (χ1) is 12.9. The van der Waals surface area contributed by atoms with Crippen LogP contribution >= 0.6 is 0 Å². The molecule has 0 aromatic heterocycles. The monoisotopic (exact) mass is 416 g/mol. The summed E-state index contributed by atoms with van der Waals surface area (Å²) in [6.45, 7) is 13.8. The Morgan fingerprint density at radius 2 is 1.89 bits per heavy atom. The van der Waals surface area contributed by atoms with Crippen molar-refractivity contribution in [2.24, 2.45) is 0 Å². The van der Waals surface area contributed by atoms with Crippen LogP contribution in [0.2, 0.25) is 18.1 Å². The second kappa shape index (κ2) is 10.3. The summed E-state index contributed by atoms with van der Waals surface area (Å²) in [6, 6.07) is 0. The number of allylic oxidation sites excluding steroid dienone is 1. The summed E-state index contributed by atoms with van der Waals surface area (Å²) in [5.74, 6) is -0.347. The lowest BCUT2D eigenvalue weighted by molar-refractivity contribution is -0.232. The van der Waals surface area contributed by atoms with Gasteiger partial charge in [0.05, 0.1) is 31.5 Å².